The summed E-state index contributed by atoms with van der Waals surface area (Å²) < 4.78 is 40.8. The second kappa shape index (κ2) is 7.02. The maximum atomic E-state index is 13.9. The van der Waals surface area contributed by atoms with E-state index in [1.807, 2.05) is 19.2 Å². The fourth-order valence-electron chi connectivity index (χ4n) is 1.93. The van der Waals surface area contributed by atoms with Crippen molar-refractivity contribution in [1.82, 2.24) is 0 Å². The van der Waals surface area contributed by atoms with Crippen molar-refractivity contribution in [2.75, 3.05) is 4.72 Å². The minimum Gasteiger partial charge on any atom is -0.277 e. The van der Waals surface area contributed by atoms with E-state index in [0.717, 1.165) is 23.4 Å². The van der Waals surface area contributed by atoms with Crippen molar-refractivity contribution in [2.45, 2.75) is 29.6 Å². The maximum Gasteiger partial charge on any atom is 0.261 e. The molecule has 1 N–H and O–H groups in total. The lowest BCUT2D eigenvalue weighted by atomic mass is 10.0. The third kappa shape index (κ3) is 4.24. The zero-order valence-electron chi connectivity index (χ0n) is 12.6. The van der Waals surface area contributed by atoms with Gasteiger partial charge in [-0.2, -0.15) is 5.26 Å². The van der Waals surface area contributed by atoms with Gasteiger partial charge in [0.05, 0.1) is 10.6 Å². The van der Waals surface area contributed by atoms with E-state index in [2.05, 4.69) is 4.72 Å². The van der Waals surface area contributed by atoms with Gasteiger partial charge in [0.15, 0.2) is 0 Å². The number of thioether (sulfide) groups is 1. The summed E-state index contributed by atoms with van der Waals surface area (Å²) in [7, 11) is -3.87. The van der Waals surface area contributed by atoms with Gasteiger partial charge in [0.2, 0.25) is 0 Å². The number of thiocyanates is 1. The van der Waals surface area contributed by atoms with Gasteiger partial charge < -0.3 is 0 Å². The van der Waals surface area contributed by atoms with E-state index in [4.69, 9.17) is 5.26 Å². The first-order valence-corrected chi connectivity index (χ1v) is 9.11. The van der Waals surface area contributed by atoms with E-state index < -0.39 is 15.8 Å². The Morgan fingerprint density at radius 2 is 1.83 bits per heavy atom. The third-order valence-electron chi connectivity index (χ3n) is 3.21. The van der Waals surface area contributed by atoms with Crippen LogP contribution in [0.3, 0.4) is 0 Å². The van der Waals surface area contributed by atoms with Crippen LogP contribution < -0.4 is 4.72 Å². The number of nitrogens with zero attached hydrogens (tertiary/aromatic N) is 1. The minimum atomic E-state index is -3.87. The number of nitrogens with one attached hydrogen (secondary N) is 1. The molecule has 2 rings (SSSR count). The third-order valence-corrected chi connectivity index (χ3v) is 5.17. The van der Waals surface area contributed by atoms with Gasteiger partial charge in [0, 0.05) is 4.90 Å². The van der Waals surface area contributed by atoms with Crippen molar-refractivity contribution < 1.29 is 12.8 Å². The first-order valence-electron chi connectivity index (χ1n) is 6.82. The Morgan fingerprint density at radius 3 is 2.35 bits per heavy atom. The standard InChI is InChI=1S/C16H15FN2O2S2/c1-11(2)12-3-6-14(7-4-12)23(20,21)19-16-8-5-13(22-10-18)9-15(16)17/h3-9,11,19H,1-2H3. The van der Waals surface area contributed by atoms with Crippen molar-refractivity contribution in [1.29, 1.82) is 5.26 Å². The molecule has 0 saturated heterocycles. The largest absolute Gasteiger partial charge is 0.277 e. The number of sulfonamides is 1. The Balaban J connectivity index is 2.26. The van der Waals surface area contributed by atoms with Crippen LogP contribution in [0.4, 0.5) is 10.1 Å². The quantitative estimate of drug-likeness (QED) is 0.644. The Hall–Kier alpha value is -2.04. The summed E-state index contributed by atoms with van der Waals surface area (Å²) in [6, 6.07) is 10.4. The summed E-state index contributed by atoms with van der Waals surface area (Å²) in [5, 5.41) is 10.4. The number of nitriles is 1. The van der Waals surface area contributed by atoms with E-state index in [1.165, 1.54) is 24.3 Å². The zero-order chi connectivity index (χ0) is 17.0. The fourth-order valence-corrected chi connectivity index (χ4v) is 3.40. The molecule has 120 valence electrons. The van der Waals surface area contributed by atoms with Gasteiger partial charge >= 0.3 is 0 Å². The predicted molar refractivity (Wildman–Crippen MR) is 89.2 cm³/mol. The highest BCUT2D eigenvalue weighted by atomic mass is 32.2. The van der Waals surface area contributed by atoms with Crippen LogP contribution in [0.2, 0.25) is 0 Å². The Kier molecular flexibility index (Phi) is 5.29. The van der Waals surface area contributed by atoms with Crippen molar-refractivity contribution >= 4 is 27.5 Å². The molecule has 4 nitrogen and oxygen atoms in total. The molecular weight excluding hydrogens is 335 g/mol. The van der Waals surface area contributed by atoms with Crippen molar-refractivity contribution in [3.63, 3.8) is 0 Å². The first-order chi connectivity index (χ1) is 10.8. The lowest BCUT2D eigenvalue weighted by molar-refractivity contribution is 0.598. The highest BCUT2D eigenvalue weighted by Crippen LogP contribution is 2.25. The number of halogens is 1. The molecule has 0 aliphatic rings. The van der Waals surface area contributed by atoms with Crippen LogP contribution in [0.1, 0.15) is 25.3 Å². The molecule has 0 spiro atoms. The predicted octanol–water partition coefficient (Wildman–Crippen LogP) is 4.32. The van der Waals surface area contributed by atoms with E-state index in [-0.39, 0.29) is 10.6 Å². The van der Waals surface area contributed by atoms with E-state index in [1.54, 1.807) is 12.1 Å². The van der Waals surface area contributed by atoms with Gasteiger partial charge in [0.25, 0.3) is 10.0 Å². The Labute approximate surface area is 139 Å². The van der Waals surface area contributed by atoms with Crippen LogP contribution in [-0.2, 0) is 10.0 Å². The molecular formula is C16H15FN2O2S2. The van der Waals surface area contributed by atoms with Crippen LogP contribution in [0, 0.1) is 16.5 Å². The molecule has 0 heterocycles. The number of hydrogen-bond acceptors (Lipinski definition) is 4. The average Bonchev–Trinajstić information content (AvgIpc) is 2.50. The molecule has 0 aromatic heterocycles. The van der Waals surface area contributed by atoms with Crippen LogP contribution >= 0.6 is 11.8 Å². The average molecular weight is 350 g/mol. The highest BCUT2D eigenvalue weighted by molar-refractivity contribution is 8.03. The van der Waals surface area contributed by atoms with Crippen LogP contribution in [0.25, 0.3) is 0 Å². The summed E-state index contributed by atoms with van der Waals surface area (Å²) in [4.78, 5) is 0.478. The van der Waals surface area contributed by atoms with Gasteiger partial charge in [-0.25, -0.2) is 12.8 Å². The van der Waals surface area contributed by atoms with Crippen LogP contribution in [-0.4, -0.2) is 8.42 Å². The maximum absolute atomic E-state index is 13.9. The van der Waals surface area contributed by atoms with Crippen molar-refractivity contribution in [2.24, 2.45) is 0 Å². The fraction of sp³-hybridized carbons (Fsp3) is 0.188. The Morgan fingerprint density at radius 1 is 1.17 bits per heavy atom. The second-order valence-electron chi connectivity index (χ2n) is 5.16. The molecule has 0 unspecified atom stereocenters. The lowest BCUT2D eigenvalue weighted by Crippen LogP contribution is -2.14. The van der Waals surface area contributed by atoms with Gasteiger partial charge in [-0.05, 0) is 53.6 Å². The summed E-state index contributed by atoms with van der Waals surface area (Å²) in [5.41, 5.74) is 0.869. The smallest absolute Gasteiger partial charge is 0.261 e. The molecule has 0 amide bonds. The number of hydrogen-bond donors (Lipinski definition) is 1. The molecule has 0 aliphatic heterocycles. The molecule has 0 saturated carbocycles. The summed E-state index contributed by atoms with van der Waals surface area (Å²) in [5.74, 6) is -0.435. The number of benzene rings is 2. The monoisotopic (exact) mass is 350 g/mol. The van der Waals surface area contributed by atoms with Gasteiger partial charge in [-0.15, -0.1) is 0 Å². The molecule has 2 aromatic carbocycles. The molecule has 0 bridgehead atoms. The highest BCUT2D eigenvalue weighted by Gasteiger charge is 2.17. The second-order valence-corrected chi connectivity index (χ2v) is 7.70. The summed E-state index contributed by atoms with van der Waals surface area (Å²) >= 11 is 0.805. The summed E-state index contributed by atoms with van der Waals surface area (Å²) in [6.45, 7) is 4.02. The van der Waals surface area contributed by atoms with Crippen LogP contribution in [0.5, 0.6) is 0 Å². The lowest BCUT2D eigenvalue weighted by Gasteiger charge is -2.11. The molecule has 0 aliphatic carbocycles. The molecule has 0 radical (unpaired) electrons. The summed E-state index contributed by atoms with van der Waals surface area (Å²) in [6.07, 6.45) is 0. The normalized spacial score (nSPS) is 11.3. The minimum absolute atomic E-state index is 0.0665. The Bertz CT molecular complexity index is 841. The molecule has 23 heavy (non-hydrogen) atoms. The topological polar surface area (TPSA) is 70.0 Å². The number of anilines is 1. The molecule has 2 aromatic rings. The molecule has 0 fully saturated rings. The van der Waals surface area contributed by atoms with E-state index in [9.17, 15) is 12.8 Å². The van der Waals surface area contributed by atoms with Crippen LogP contribution in [0.15, 0.2) is 52.3 Å². The first kappa shape index (κ1) is 17.3. The molecule has 7 heteroatoms. The van der Waals surface area contributed by atoms with Gasteiger partial charge in [0.1, 0.15) is 11.2 Å². The van der Waals surface area contributed by atoms with E-state index in [0.29, 0.717) is 10.8 Å². The van der Waals surface area contributed by atoms with Crippen molar-refractivity contribution in [3.05, 3.63) is 53.8 Å². The zero-order valence-corrected chi connectivity index (χ0v) is 14.2. The van der Waals surface area contributed by atoms with Gasteiger partial charge in [-0.1, -0.05) is 26.0 Å². The molecule has 0 atom stereocenters. The SMILES string of the molecule is CC(C)c1ccc(S(=O)(=O)Nc2ccc(SC#N)cc2F)cc1. The number of rotatable bonds is 5. The van der Waals surface area contributed by atoms with E-state index >= 15 is 0 Å². The van der Waals surface area contributed by atoms with Crippen molar-refractivity contribution in [3.8, 4) is 5.40 Å². The van der Waals surface area contributed by atoms with Gasteiger partial charge in [-0.3, -0.25) is 4.72 Å².